The number of allylic oxidation sites excluding steroid dienone is 1. The van der Waals surface area contributed by atoms with Crippen LogP contribution in [0.15, 0.2) is 48.6 Å². The molecule has 1 aliphatic carbocycles. The van der Waals surface area contributed by atoms with Crippen molar-refractivity contribution in [3.8, 4) is 5.75 Å². The molecule has 49 heavy (non-hydrogen) atoms. The van der Waals surface area contributed by atoms with Crippen LogP contribution in [0.3, 0.4) is 0 Å². The number of anilines is 1. The number of ether oxygens (including phenoxy) is 2. The van der Waals surface area contributed by atoms with Gasteiger partial charge in [0.25, 0.3) is 5.91 Å². The van der Waals surface area contributed by atoms with Crippen LogP contribution in [0.25, 0.3) is 0 Å². The topological polar surface area (TPSA) is 125 Å². The Morgan fingerprint density at radius 3 is 2.69 bits per heavy atom. The van der Waals surface area contributed by atoms with Gasteiger partial charge in [0.2, 0.25) is 15.9 Å². The second-order valence-electron chi connectivity index (χ2n) is 14.0. The van der Waals surface area contributed by atoms with Crippen molar-refractivity contribution in [1.29, 1.82) is 0 Å². The summed E-state index contributed by atoms with van der Waals surface area (Å²) in [5.74, 6) is -0.813. The van der Waals surface area contributed by atoms with Crippen molar-refractivity contribution in [3.05, 3.63) is 70.3 Å². The van der Waals surface area contributed by atoms with Crippen molar-refractivity contribution in [3.63, 3.8) is 0 Å². The van der Waals surface area contributed by atoms with E-state index in [1.54, 1.807) is 63.3 Å². The molecule has 2 bridgehead atoms. The summed E-state index contributed by atoms with van der Waals surface area (Å²) in [7, 11) is -0.744. The molecule has 2 aliphatic heterocycles. The first kappa shape index (κ1) is 37.1. The summed E-state index contributed by atoms with van der Waals surface area (Å²) < 4.78 is 40.7. The lowest BCUT2D eigenvalue weighted by Crippen LogP contribution is -2.52. The van der Waals surface area contributed by atoms with Crippen LogP contribution in [0, 0.1) is 17.8 Å². The van der Waals surface area contributed by atoms with Crippen LogP contribution in [0.1, 0.15) is 73.9 Å². The highest BCUT2D eigenvalue weighted by atomic mass is 35.5. The molecular formula is C37H50ClN3O7S. The average molecular weight is 716 g/mol. The van der Waals surface area contributed by atoms with Gasteiger partial charge in [-0.15, -0.1) is 0 Å². The van der Waals surface area contributed by atoms with Crippen LogP contribution >= 0.6 is 11.6 Å². The van der Waals surface area contributed by atoms with E-state index in [-0.39, 0.29) is 35.6 Å². The number of amides is 2. The van der Waals surface area contributed by atoms with Crippen molar-refractivity contribution in [2.24, 2.45) is 17.8 Å². The maximum atomic E-state index is 13.5. The van der Waals surface area contributed by atoms with Crippen LogP contribution in [0.4, 0.5) is 5.69 Å². The molecule has 0 radical (unpaired) electrons. The third-order valence-electron chi connectivity index (χ3n) is 10.7. The molecule has 3 aliphatic rings. The third kappa shape index (κ3) is 8.79. The molecule has 12 heteroatoms. The van der Waals surface area contributed by atoms with Gasteiger partial charge < -0.3 is 24.4 Å². The summed E-state index contributed by atoms with van der Waals surface area (Å²) in [5.41, 5.74) is 1.65. The Morgan fingerprint density at radius 2 is 1.96 bits per heavy atom. The monoisotopic (exact) mass is 715 g/mol. The molecule has 10 nitrogen and oxygen atoms in total. The zero-order valence-corrected chi connectivity index (χ0v) is 30.6. The average Bonchev–Trinajstić information content (AvgIpc) is 3.07. The Labute approximate surface area is 295 Å². The minimum Gasteiger partial charge on any atom is -0.487 e. The SMILES string of the molecule is COCCN(C)C(=O)C[C@@]1(O)/C=C/C[C@H](C)[C@@H](C)S(=O)(=O)NC(=O)c2ccc3c(c2)N(CCCCc2cc(Cl)ccc2CO3)C[C@@H]2CC[C@H]21. The molecule has 1 fully saturated rings. The Hall–Kier alpha value is -3.12. The van der Waals surface area contributed by atoms with E-state index in [4.69, 9.17) is 21.1 Å². The number of rotatable bonds is 5. The highest BCUT2D eigenvalue weighted by Crippen LogP contribution is 2.46. The van der Waals surface area contributed by atoms with E-state index >= 15 is 0 Å². The molecule has 5 atom stereocenters. The van der Waals surface area contributed by atoms with Gasteiger partial charge in [0, 0.05) is 44.4 Å². The van der Waals surface area contributed by atoms with E-state index in [1.165, 1.54) is 0 Å². The molecular weight excluding hydrogens is 666 g/mol. The number of hydrogen-bond donors (Lipinski definition) is 2. The number of halogens is 1. The summed E-state index contributed by atoms with van der Waals surface area (Å²) in [4.78, 5) is 30.7. The minimum atomic E-state index is -4.04. The molecule has 2 N–H and O–H groups in total. The van der Waals surface area contributed by atoms with E-state index in [2.05, 4.69) is 9.62 Å². The summed E-state index contributed by atoms with van der Waals surface area (Å²) in [6.07, 6.45) is 7.97. The second-order valence-corrected chi connectivity index (χ2v) is 16.5. The van der Waals surface area contributed by atoms with Crippen molar-refractivity contribution < 1.29 is 32.6 Å². The molecule has 268 valence electrons. The third-order valence-corrected chi connectivity index (χ3v) is 12.8. The van der Waals surface area contributed by atoms with Gasteiger partial charge in [0.1, 0.15) is 12.4 Å². The van der Waals surface area contributed by atoms with E-state index in [1.807, 2.05) is 18.2 Å². The second kappa shape index (κ2) is 15.8. The first-order chi connectivity index (χ1) is 23.3. The van der Waals surface area contributed by atoms with Crippen LogP contribution in [-0.2, 0) is 32.6 Å². The van der Waals surface area contributed by atoms with Crippen LogP contribution < -0.4 is 14.4 Å². The fourth-order valence-corrected chi connectivity index (χ4v) is 8.60. The van der Waals surface area contributed by atoms with Crippen LogP contribution in [0.2, 0.25) is 5.02 Å². The fraction of sp³-hybridized carbons (Fsp3) is 0.568. The lowest BCUT2D eigenvalue weighted by Gasteiger charge is -2.48. The minimum absolute atomic E-state index is 0.0582. The lowest BCUT2D eigenvalue weighted by atomic mass is 9.63. The molecule has 2 heterocycles. The molecule has 0 unspecified atom stereocenters. The number of hydrogen-bond acceptors (Lipinski definition) is 8. The lowest BCUT2D eigenvalue weighted by molar-refractivity contribution is -0.138. The Bertz CT molecular complexity index is 1650. The Kier molecular flexibility index (Phi) is 12.0. The first-order valence-electron chi connectivity index (χ1n) is 17.3. The smallest absolute Gasteiger partial charge is 0.264 e. The van der Waals surface area contributed by atoms with Crippen molar-refractivity contribution in [2.75, 3.05) is 45.3 Å². The first-order valence-corrected chi connectivity index (χ1v) is 19.2. The van der Waals surface area contributed by atoms with Gasteiger partial charge in [0.05, 0.1) is 29.6 Å². The number of aliphatic hydroxyl groups is 1. The number of aryl methyl sites for hydroxylation is 1. The van der Waals surface area contributed by atoms with Gasteiger partial charge >= 0.3 is 0 Å². The summed E-state index contributed by atoms with van der Waals surface area (Å²) >= 11 is 6.34. The van der Waals surface area contributed by atoms with Crippen LogP contribution in [0.5, 0.6) is 5.75 Å². The largest absolute Gasteiger partial charge is 0.487 e. The van der Waals surface area contributed by atoms with E-state index in [0.717, 1.165) is 43.2 Å². The van der Waals surface area contributed by atoms with Gasteiger partial charge in [-0.1, -0.05) is 36.7 Å². The zero-order valence-electron chi connectivity index (χ0n) is 29.0. The summed E-state index contributed by atoms with van der Waals surface area (Å²) in [6.45, 7) is 5.70. The Balaban J connectivity index is 1.55. The number of nitrogens with zero attached hydrogens (tertiary/aromatic N) is 2. The number of nitrogens with one attached hydrogen (secondary N) is 1. The van der Waals surface area contributed by atoms with Gasteiger partial charge in [-0.2, -0.15) is 0 Å². The number of fused-ring (bicyclic) bond motifs is 3. The highest BCUT2D eigenvalue weighted by molar-refractivity contribution is 7.90. The predicted molar refractivity (Wildman–Crippen MR) is 191 cm³/mol. The number of benzene rings is 2. The molecule has 2 aromatic rings. The molecule has 1 saturated carbocycles. The number of methoxy groups -OCH3 is 1. The van der Waals surface area contributed by atoms with Crippen molar-refractivity contribution in [2.45, 2.75) is 76.3 Å². The number of carbonyl (C=O) groups is 2. The predicted octanol–water partition coefficient (Wildman–Crippen LogP) is 5.36. The number of carbonyl (C=O) groups excluding carboxylic acids is 2. The Morgan fingerprint density at radius 1 is 1.16 bits per heavy atom. The van der Waals surface area contributed by atoms with E-state index in [9.17, 15) is 23.1 Å². The summed E-state index contributed by atoms with van der Waals surface area (Å²) in [5, 5.41) is 12.1. The van der Waals surface area contributed by atoms with Crippen molar-refractivity contribution in [1.82, 2.24) is 9.62 Å². The molecule has 0 saturated heterocycles. The van der Waals surface area contributed by atoms with Gasteiger partial charge in [-0.3, -0.25) is 9.59 Å². The van der Waals surface area contributed by atoms with Gasteiger partial charge in [-0.25, -0.2) is 13.1 Å². The fourth-order valence-electron chi connectivity index (χ4n) is 7.12. The normalized spacial score (nSPS) is 28.0. The molecule has 2 aromatic carbocycles. The standard InChI is InChI=1S/C37H50ClN3O7S/c1-25-8-7-16-37(44,22-35(42)40(3)18-19-47-4)32-14-11-29(32)23-41-17-6-5-9-27-20-31(38)13-10-30(27)24-48-34-15-12-28(21-33(34)41)36(43)39-49(45,46)26(25)2/h7,10,12-13,15-16,20-21,25-26,29,32,44H,5-6,8-9,11,14,17-19,22-24H2,1-4H3,(H,39,43)/b16-7+/t25-,26+,29-,32+,37-/m0/s1. The quantitative estimate of drug-likeness (QED) is 0.397. The number of sulfonamides is 1. The van der Waals surface area contributed by atoms with Gasteiger partial charge in [-0.05, 0) is 105 Å². The van der Waals surface area contributed by atoms with E-state index < -0.39 is 26.8 Å². The highest BCUT2D eigenvalue weighted by Gasteiger charge is 2.47. The molecule has 0 aromatic heterocycles. The maximum Gasteiger partial charge on any atom is 0.264 e. The maximum absolute atomic E-state index is 13.5. The van der Waals surface area contributed by atoms with Crippen molar-refractivity contribution >= 4 is 39.1 Å². The van der Waals surface area contributed by atoms with Gasteiger partial charge in [0.15, 0.2) is 0 Å². The summed E-state index contributed by atoms with van der Waals surface area (Å²) in [6, 6.07) is 10.9. The number of likely N-dealkylation sites (N-methyl/N-ethyl adjacent to an activating group) is 1. The molecule has 0 spiro atoms. The molecule has 2 amide bonds. The zero-order chi connectivity index (χ0) is 35.3. The molecule has 5 rings (SSSR count). The van der Waals surface area contributed by atoms with Crippen LogP contribution in [-0.4, -0.2) is 81.5 Å². The van der Waals surface area contributed by atoms with E-state index in [0.29, 0.717) is 55.7 Å².